The molecule has 2 aromatic rings. The molecule has 4 nitrogen and oxygen atoms in total. The van der Waals surface area contributed by atoms with Crippen LogP contribution in [-0.2, 0) is 6.42 Å². The van der Waals surface area contributed by atoms with Crippen molar-refractivity contribution in [2.45, 2.75) is 78.6 Å². The van der Waals surface area contributed by atoms with E-state index in [1.807, 2.05) is 18.2 Å². The molecule has 0 spiro atoms. The van der Waals surface area contributed by atoms with Gasteiger partial charge in [-0.15, -0.1) is 0 Å². The van der Waals surface area contributed by atoms with Gasteiger partial charge < -0.3 is 9.64 Å². The molecule has 208 valence electrons. The summed E-state index contributed by atoms with van der Waals surface area (Å²) in [5.74, 6) is 4.24. The number of benzene rings is 2. The number of fused-ring (bicyclic) bond motifs is 2. The second-order valence-corrected chi connectivity index (χ2v) is 12.7. The Bertz CT molecular complexity index is 1090. The van der Waals surface area contributed by atoms with Gasteiger partial charge in [0.1, 0.15) is 5.75 Å². The average Bonchev–Trinajstić information content (AvgIpc) is 3.05. The van der Waals surface area contributed by atoms with Crippen LogP contribution in [0.15, 0.2) is 36.4 Å². The SMILES string of the molecule is C.CCCc1cc(Cl)ccc1C1COc2ccc3cc2N(C1)CC1CCC1CCCCC(C)CSNC3=O. The fraction of sp³-hybridized carbons (Fsp3) is 0.594. The number of carbonyl (C=O) groups excluding carboxylic acids is 1. The summed E-state index contributed by atoms with van der Waals surface area (Å²) >= 11 is 7.94. The van der Waals surface area contributed by atoms with Gasteiger partial charge >= 0.3 is 0 Å². The highest BCUT2D eigenvalue weighted by atomic mass is 35.5. The molecule has 4 atom stereocenters. The van der Waals surface area contributed by atoms with Crippen LogP contribution < -0.4 is 14.4 Å². The molecule has 0 aromatic heterocycles. The molecule has 0 radical (unpaired) electrons. The summed E-state index contributed by atoms with van der Waals surface area (Å²) in [5, 5.41) is 0.801. The van der Waals surface area contributed by atoms with Crippen molar-refractivity contribution in [3.63, 3.8) is 0 Å². The molecule has 2 aromatic carbocycles. The lowest BCUT2D eigenvalue weighted by molar-refractivity contribution is 0.0984. The third-order valence-corrected chi connectivity index (χ3v) is 9.89. The lowest BCUT2D eigenvalue weighted by atomic mass is 9.70. The van der Waals surface area contributed by atoms with Crippen LogP contribution in [0.3, 0.4) is 0 Å². The number of rotatable bonds is 3. The zero-order valence-corrected chi connectivity index (χ0v) is 23.9. The van der Waals surface area contributed by atoms with E-state index in [4.69, 9.17) is 16.3 Å². The molecule has 1 N–H and O–H groups in total. The van der Waals surface area contributed by atoms with Crippen molar-refractivity contribution in [3.05, 3.63) is 58.1 Å². The Balaban J connectivity index is 0.00000336. The molecule has 2 aliphatic heterocycles. The molecule has 5 rings (SSSR count). The van der Waals surface area contributed by atoms with E-state index in [0.717, 1.165) is 54.1 Å². The molecule has 1 amide bonds. The van der Waals surface area contributed by atoms with Crippen molar-refractivity contribution in [1.29, 1.82) is 0 Å². The van der Waals surface area contributed by atoms with Crippen molar-refractivity contribution < 1.29 is 9.53 Å². The largest absolute Gasteiger partial charge is 0.491 e. The van der Waals surface area contributed by atoms with Crippen LogP contribution in [0, 0.1) is 17.8 Å². The van der Waals surface area contributed by atoms with Gasteiger partial charge in [-0.05, 0) is 96.8 Å². The first-order chi connectivity index (χ1) is 18.0. The summed E-state index contributed by atoms with van der Waals surface area (Å²) in [5.41, 5.74) is 4.45. The maximum absolute atomic E-state index is 13.0. The van der Waals surface area contributed by atoms with Gasteiger partial charge in [0.25, 0.3) is 5.91 Å². The molecule has 2 heterocycles. The molecule has 0 saturated heterocycles. The minimum absolute atomic E-state index is 0. The van der Waals surface area contributed by atoms with Crippen LogP contribution in [0.4, 0.5) is 5.69 Å². The topological polar surface area (TPSA) is 41.6 Å². The summed E-state index contributed by atoms with van der Waals surface area (Å²) < 4.78 is 9.55. The number of nitrogens with zero attached hydrogens (tertiary/aromatic N) is 1. The molecule has 38 heavy (non-hydrogen) atoms. The molecular weight excluding hydrogens is 512 g/mol. The maximum atomic E-state index is 13.0. The van der Waals surface area contributed by atoms with Crippen molar-refractivity contribution in [3.8, 4) is 5.75 Å². The van der Waals surface area contributed by atoms with Gasteiger partial charge in [-0.2, -0.15) is 0 Å². The number of carbonyl (C=O) groups is 1. The fourth-order valence-corrected chi connectivity index (χ4v) is 7.27. The summed E-state index contributed by atoms with van der Waals surface area (Å²) in [4.78, 5) is 15.6. The second-order valence-electron chi connectivity index (χ2n) is 11.4. The van der Waals surface area contributed by atoms with E-state index in [9.17, 15) is 4.79 Å². The highest BCUT2D eigenvalue weighted by Gasteiger charge is 2.35. The van der Waals surface area contributed by atoms with Crippen LogP contribution in [0.25, 0.3) is 0 Å². The fourth-order valence-electron chi connectivity index (χ4n) is 6.29. The maximum Gasteiger partial charge on any atom is 0.261 e. The van der Waals surface area contributed by atoms with E-state index in [1.165, 1.54) is 49.7 Å². The third-order valence-electron chi connectivity index (χ3n) is 8.59. The zero-order chi connectivity index (χ0) is 25.8. The molecule has 1 aliphatic carbocycles. The summed E-state index contributed by atoms with van der Waals surface area (Å²) in [6.45, 7) is 7.08. The first kappa shape index (κ1) is 29.1. The number of aryl methyl sites for hydroxylation is 1. The van der Waals surface area contributed by atoms with E-state index in [0.29, 0.717) is 24.0 Å². The van der Waals surface area contributed by atoms with Crippen molar-refractivity contribution >= 4 is 35.1 Å². The van der Waals surface area contributed by atoms with E-state index in [2.05, 4.69) is 41.7 Å². The minimum Gasteiger partial charge on any atom is -0.491 e. The Hall–Kier alpha value is -1.85. The van der Waals surface area contributed by atoms with Crippen LogP contribution >= 0.6 is 23.5 Å². The van der Waals surface area contributed by atoms with Crippen molar-refractivity contribution in [2.75, 3.05) is 30.3 Å². The minimum atomic E-state index is -0.0164. The standard InChI is InChI=1S/C31H41ClN2O2S.CH4/c1-3-6-23-15-27(32)12-13-28(23)26-18-34-17-25-10-9-22(25)8-5-4-7-21(2)20-37-33-31(35)24-11-14-30(36-19-26)29(34)16-24;/h11-16,21-22,25-26H,3-10,17-20H2,1-2H3,(H,33,35);1H4. The predicted molar refractivity (Wildman–Crippen MR) is 163 cm³/mol. The number of ether oxygens (including phenoxy) is 1. The number of halogens is 1. The van der Waals surface area contributed by atoms with Gasteiger partial charge in [-0.3, -0.25) is 9.52 Å². The van der Waals surface area contributed by atoms with Gasteiger partial charge in [0, 0.05) is 35.3 Å². The third kappa shape index (κ3) is 6.83. The molecule has 3 aliphatic rings. The number of nitrogens with one attached hydrogen (secondary N) is 1. The number of amides is 1. The smallest absolute Gasteiger partial charge is 0.261 e. The first-order valence-electron chi connectivity index (χ1n) is 14.2. The summed E-state index contributed by atoms with van der Waals surface area (Å²) in [6, 6.07) is 12.3. The Morgan fingerprint density at radius 2 is 1.87 bits per heavy atom. The molecule has 4 unspecified atom stereocenters. The Labute approximate surface area is 239 Å². The Morgan fingerprint density at radius 1 is 1.05 bits per heavy atom. The van der Waals surface area contributed by atoms with Gasteiger partial charge in [0.2, 0.25) is 0 Å². The molecule has 1 fully saturated rings. The number of hydrogen-bond acceptors (Lipinski definition) is 4. The normalized spacial score (nSPS) is 26.1. The highest BCUT2D eigenvalue weighted by molar-refractivity contribution is 7.97. The predicted octanol–water partition coefficient (Wildman–Crippen LogP) is 8.53. The molecular formula is C32H45ClN2O2S. The Kier molecular flexibility index (Phi) is 10.3. The monoisotopic (exact) mass is 556 g/mol. The number of hydrogen-bond donors (Lipinski definition) is 1. The van der Waals surface area contributed by atoms with Crippen LogP contribution in [0.5, 0.6) is 5.75 Å². The van der Waals surface area contributed by atoms with Crippen molar-refractivity contribution in [1.82, 2.24) is 4.72 Å². The van der Waals surface area contributed by atoms with E-state index < -0.39 is 0 Å². The van der Waals surface area contributed by atoms with E-state index in [-0.39, 0.29) is 19.3 Å². The van der Waals surface area contributed by atoms with Gasteiger partial charge in [0.15, 0.2) is 0 Å². The van der Waals surface area contributed by atoms with Gasteiger partial charge in [-0.1, -0.05) is 64.6 Å². The highest BCUT2D eigenvalue weighted by Crippen LogP contribution is 2.43. The van der Waals surface area contributed by atoms with Gasteiger partial charge in [0.05, 0.1) is 12.3 Å². The van der Waals surface area contributed by atoms with Crippen LogP contribution in [-0.4, -0.2) is 31.4 Å². The zero-order valence-electron chi connectivity index (χ0n) is 22.3. The summed E-state index contributed by atoms with van der Waals surface area (Å²) in [7, 11) is 0. The lowest BCUT2D eigenvalue weighted by Crippen LogP contribution is -2.40. The average molecular weight is 557 g/mol. The second kappa shape index (κ2) is 13.5. The van der Waals surface area contributed by atoms with Crippen molar-refractivity contribution in [2.24, 2.45) is 17.8 Å². The van der Waals surface area contributed by atoms with E-state index in [1.54, 1.807) is 11.9 Å². The van der Waals surface area contributed by atoms with E-state index >= 15 is 0 Å². The Morgan fingerprint density at radius 3 is 2.66 bits per heavy atom. The van der Waals surface area contributed by atoms with Crippen LogP contribution in [0.1, 0.15) is 93.6 Å². The molecule has 6 heteroatoms. The lowest BCUT2D eigenvalue weighted by Gasteiger charge is -2.41. The molecule has 2 bridgehead atoms. The molecule has 1 saturated carbocycles. The summed E-state index contributed by atoms with van der Waals surface area (Å²) in [6.07, 6.45) is 9.96. The van der Waals surface area contributed by atoms with Gasteiger partial charge in [-0.25, -0.2) is 0 Å². The first-order valence-corrected chi connectivity index (χ1v) is 15.6. The van der Waals surface area contributed by atoms with Crippen LogP contribution in [0.2, 0.25) is 5.02 Å². The number of anilines is 1. The quantitative estimate of drug-likeness (QED) is 0.385.